The minimum Gasteiger partial charge on any atom is -0.462 e. The average Bonchev–Trinajstić information content (AvgIpc) is 0.924. The summed E-state index contributed by atoms with van der Waals surface area (Å²) in [6.07, 6.45) is 81.9. The van der Waals surface area contributed by atoms with Crippen LogP contribution in [0.15, 0.2) is 122 Å². The van der Waals surface area contributed by atoms with Crippen LogP contribution in [0.5, 0.6) is 0 Å². The predicted octanol–water partition coefficient (Wildman–Crippen LogP) is 23.1. The molecule has 17 nitrogen and oxygen atoms in total. The van der Waals surface area contributed by atoms with Gasteiger partial charge >= 0.3 is 39.5 Å². The third kappa shape index (κ3) is 73.8. The van der Waals surface area contributed by atoms with Crippen LogP contribution in [0.3, 0.4) is 0 Å². The van der Waals surface area contributed by atoms with E-state index in [0.717, 1.165) is 154 Å². The second-order valence-corrected chi connectivity index (χ2v) is 29.2. The molecular formula is C83H142O17P2. The van der Waals surface area contributed by atoms with Crippen molar-refractivity contribution in [3.05, 3.63) is 122 Å². The van der Waals surface area contributed by atoms with Crippen molar-refractivity contribution in [1.82, 2.24) is 0 Å². The van der Waals surface area contributed by atoms with Crippen molar-refractivity contribution in [2.45, 2.75) is 341 Å². The Hall–Kier alpha value is -4.54. The van der Waals surface area contributed by atoms with Crippen LogP contribution in [-0.2, 0) is 65.4 Å². The number of rotatable bonds is 74. The standard InChI is InChI=1S/C83H142O17P2/c1-5-9-13-17-21-25-29-33-36-37-38-39-42-45-48-52-56-60-64-68-81(86)94-74-79(100-83(88)70-66-62-58-54-50-46-41-35-31-27-23-19-15-11-7-3)76-98-102(91,92)96-72-77(84)71-95-101(89,90)97-75-78(99-82(87)69-65-61-57-53-49-43-32-28-24-20-16-12-8-4)73-93-80(85)67-63-59-55-51-47-44-40-34-30-26-22-18-14-10-6-2/h9,13,21,23,25,27-28,32-36,38-41,45,48,56,60,77-79,84H,5-8,10-12,14-20,22,24,26,29-31,37,42-44,46-47,49-55,57-59,61-76H2,1-4H3,(H,89,90)(H,91,92). The molecule has 102 heavy (non-hydrogen) atoms. The van der Waals surface area contributed by atoms with Crippen molar-refractivity contribution in [3.8, 4) is 0 Å². The van der Waals surface area contributed by atoms with Gasteiger partial charge in [0, 0.05) is 25.7 Å². The monoisotopic (exact) mass is 1470 g/mol. The number of hydrogen-bond donors (Lipinski definition) is 3. The highest BCUT2D eigenvalue weighted by Crippen LogP contribution is 2.45. The van der Waals surface area contributed by atoms with E-state index < -0.39 is 97.5 Å². The molecule has 0 radical (unpaired) electrons. The van der Waals surface area contributed by atoms with E-state index in [1.807, 2.05) is 18.2 Å². The maximum absolute atomic E-state index is 13.1. The third-order valence-electron chi connectivity index (χ3n) is 16.4. The van der Waals surface area contributed by atoms with Gasteiger partial charge in [-0.05, 0) is 148 Å². The van der Waals surface area contributed by atoms with Gasteiger partial charge in [-0.2, -0.15) is 0 Å². The van der Waals surface area contributed by atoms with E-state index in [9.17, 15) is 43.2 Å². The summed E-state index contributed by atoms with van der Waals surface area (Å²) in [4.78, 5) is 72.9. The quantitative estimate of drug-likeness (QED) is 0.0169. The number of unbranched alkanes of at least 4 members (excludes halogenated alkanes) is 28. The first kappa shape index (κ1) is 97.5. The lowest BCUT2D eigenvalue weighted by molar-refractivity contribution is -0.161. The second-order valence-electron chi connectivity index (χ2n) is 26.3. The molecule has 586 valence electrons. The van der Waals surface area contributed by atoms with E-state index in [-0.39, 0.29) is 25.7 Å². The zero-order valence-corrected chi connectivity index (χ0v) is 65.8. The summed E-state index contributed by atoms with van der Waals surface area (Å²) in [6, 6.07) is 0. The van der Waals surface area contributed by atoms with Crippen LogP contribution in [-0.4, -0.2) is 96.7 Å². The topological polar surface area (TPSA) is 237 Å². The lowest BCUT2D eigenvalue weighted by atomic mass is 10.1. The van der Waals surface area contributed by atoms with Crippen molar-refractivity contribution >= 4 is 39.5 Å². The Morgan fingerprint density at radius 1 is 0.284 bits per heavy atom. The highest BCUT2D eigenvalue weighted by molar-refractivity contribution is 7.47. The first-order chi connectivity index (χ1) is 49.7. The molecular weight excluding hydrogens is 1330 g/mol. The number of carbonyl (C=O) groups is 4. The molecule has 0 aromatic carbocycles. The fraction of sp³-hybridized carbons (Fsp3) is 0.711. The van der Waals surface area contributed by atoms with E-state index in [2.05, 4.69) is 131 Å². The van der Waals surface area contributed by atoms with E-state index in [1.54, 1.807) is 0 Å². The van der Waals surface area contributed by atoms with Crippen LogP contribution in [0.2, 0.25) is 0 Å². The Labute approximate surface area is 619 Å². The number of allylic oxidation sites excluding steroid dienone is 20. The number of carbonyl (C=O) groups excluding carboxylic acids is 4. The summed E-state index contributed by atoms with van der Waals surface area (Å²) < 4.78 is 68.5. The van der Waals surface area contributed by atoms with E-state index in [4.69, 9.17) is 37.0 Å². The summed E-state index contributed by atoms with van der Waals surface area (Å²) in [5, 5.41) is 10.6. The molecule has 0 saturated heterocycles. The van der Waals surface area contributed by atoms with Crippen molar-refractivity contribution in [2.24, 2.45) is 0 Å². The number of aliphatic hydroxyl groups is 1. The molecule has 5 atom stereocenters. The summed E-state index contributed by atoms with van der Waals surface area (Å²) in [6.45, 7) is 4.61. The normalized spacial score (nSPS) is 14.5. The summed E-state index contributed by atoms with van der Waals surface area (Å²) in [5.41, 5.74) is 0. The Morgan fingerprint density at radius 2 is 0.529 bits per heavy atom. The molecule has 0 aliphatic rings. The fourth-order valence-corrected chi connectivity index (χ4v) is 11.9. The molecule has 0 bridgehead atoms. The van der Waals surface area contributed by atoms with Gasteiger partial charge in [0.05, 0.1) is 26.4 Å². The molecule has 0 spiro atoms. The summed E-state index contributed by atoms with van der Waals surface area (Å²) >= 11 is 0. The van der Waals surface area contributed by atoms with Crippen LogP contribution < -0.4 is 0 Å². The molecule has 3 N–H and O–H groups in total. The number of phosphoric ester groups is 2. The molecule has 0 aliphatic carbocycles. The van der Waals surface area contributed by atoms with Gasteiger partial charge in [0.15, 0.2) is 12.2 Å². The molecule has 0 aromatic heterocycles. The highest BCUT2D eigenvalue weighted by Gasteiger charge is 2.30. The van der Waals surface area contributed by atoms with Gasteiger partial charge in [-0.25, -0.2) is 9.13 Å². The van der Waals surface area contributed by atoms with E-state index in [1.165, 1.54) is 83.5 Å². The predicted molar refractivity (Wildman–Crippen MR) is 418 cm³/mol. The van der Waals surface area contributed by atoms with Gasteiger partial charge in [0.2, 0.25) is 0 Å². The first-order valence-electron chi connectivity index (χ1n) is 39.8. The minimum atomic E-state index is -5.00. The van der Waals surface area contributed by atoms with Gasteiger partial charge in [0.1, 0.15) is 19.3 Å². The van der Waals surface area contributed by atoms with Gasteiger partial charge in [-0.15, -0.1) is 0 Å². The number of hydrogen-bond acceptors (Lipinski definition) is 15. The van der Waals surface area contributed by atoms with Gasteiger partial charge in [-0.1, -0.05) is 271 Å². The number of phosphoric acid groups is 2. The Morgan fingerprint density at radius 3 is 0.882 bits per heavy atom. The highest BCUT2D eigenvalue weighted by atomic mass is 31.2. The SMILES string of the molecule is CCC=CCC=CCC=CCC=CCC=CCC=CCCC(=O)OCC(COP(=O)(O)OCC(O)COP(=O)(O)OCC(COC(=O)CCCCCCCC=CCCCCCCCC)OC(=O)CCCCCCCC=CCCCCCC)OC(=O)CCCCCCCC=CCC=CCCCCC. The second kappa shape index (κ2) is 74.7. The lowest BCUT2D eigenvalue weighted by Crippen LogP contribution is -2.30. The smallest absolute Gasteiger partial charge is 0.462 e. The molecule has 0 fully saturated rings. The van der Waals surface area contributed by atoms with Gasteiger partial charge in [0.25, 0.3) is 0 Å². The molecule has 0 amide bonds. The zero-order valence-electron chi connectivity index (χ0n) is 64.0. The van der Waals surface area contributed by atoms with Crippen LogP contribution in [0.25, 0.3) is 0 Å². The molecule has 0 heterocycles. The molecule has 5 unspecified atom stereocenters. The third-order valence-corrected chi connectivity index (χ3v) is 18.3. The Kier molecular flexibility index (Phi) is 71.4. The number of esters is 4. The molecule has 19 heteroatoms. The number of aliphatic hydroxyl groups excluding tert-OH is 1. The van der Waals surface area contributed by atoms with Gasteiger partial charge in [-0.3, -0.25) is 37.3 Å². The van der Waals surface area contributed by atoms with E-state index >= 15 is 0 Å². The molecule has 0 rings (SSSR count). The molecule has 0 aliphatic heterocycles. The van der Waals surface area contributed by atoms with Crippen LogP contribution in [0.4, 0.5) is 0 Å². The zero-order chi connectivity index (χ0) is 74.6. The Balaban J connectivity index is 5.43. The van der Waals surface area contributed by atoms with Crippen LogP contribution in [0.1, 0.15) is 323 Å². The van der Waals surface area contributed by atoms with Gasteiger partial charge < -0.3 is 33.8 Å². The first-order valence-corrected chi connectivity index (χ1v) is 42.8. The molecule has 0 aromatic rings. The van der Waals surface area contributed by atoms with Crippen molar-refractivity contribution in [2.75, 3.05) is 39.6 Å². The summed E-state index contributed by atoms with van der Waals surface area (Å²) in [5.74, 6) is -2.30. The summed E-state index contributed by atoms with van der Waals surface area (Å²) in [7, 11) is -9.98. The number of ether oxygens (including phenoxy) is 4. The minimum absolute atomic E-state index is 0.0309. The molecule has 0 saturated carbocycles. The van der Waals surface area contributed by atoms with Crippen molar-refractivity contribution in [1.29, 1.82) is 0 Å². The van der Waals surface area contributed by atoms with Crippen molar-refractivity contribution < 1.29 is 80.2 Å². The van der Waals surface area contributed by atoms with Crippen molar-refractivity contribution in [3.63, 3.8) is 0 Å². The largest absolute Gasteiger partial charge is 0.472 e. The van der Waals surface area contributed by atoms with Crippen LogP contribution >= 0.6 is 15.6 Å². The maximum Gasteiger partial charge on any atom is 0.472 e. The maximum atomic E-state index is 13.1. The fourth-order valence-electron chi connectivity index (χ4n) is 10.3. The average molecular weight is 1470 g/mol. The van der Waals surface area contributed by atoms with Crippen LogP contribution in [0, 0.1) is 0 Å². The Bertz CT molecular complexity index is 2410. The van der Waals surface area contributed by atoms with E-state index in [0.29, 0.717) is 32.1 Å². The lowest BCUT2D eigenvalue weighted by Gasteiger charge is -2.21.